The van der Waals surface area contributed by atoms with E-state index in [1.165, 1.54) is 17.6 Å². The third-order valence-electron chi connectivity index (χ3n) is 7.97. The van der Waals surface area contributed by atoms with Crippen LogP contribution < -0.4 is 5.32 Å². The summed E-state index contributed by atoms with van der Waals surface area (Å²) < 4.78 is 2.08. The zero-order valence-corrected chi connectivity index (χ0v) is 21.0. The topological polar surface area (TPSA) is 63.1 Å². The number of amides is 1. The molecule has 6 heteroatoms. The minimum atomic E-state index is 0.157. The van der Waals surface area contributed by atoms with Gasteiger partial charge in [-0.3, -0.25) is 4.79 Å². The highest BCUT2D eigenvalue weighted by Gasteiger charge is 2.29. The molecule has 35 heavy (non-hydrogen) atoms. The lowest BCUT2D eigenvalue weighted by molar-refractivity contribution is -0.127. The van der Waals surface area contributed by atoms with Gasteiger partial charge in [0, 0.05) is 32.0 Å². The Labute approximate surface area is 209 Å². The number of likely N-dealkylation sites (tertiary alicyclic amines) is 1. The fraction of sp³-hybridized carbons (Fsp3) is 0.552. The molecule has 2 fully saturated rings. The third-order valence-corrected chi connectivity index (χ3v) is 7.97. The molecule has 0 radical (unpaired) electrons. The summed E-state index contributed by atoms with van der Waals surface area (Å²) in [7, 11) is 0. The van der Waals surface area contributed by atoms with Gasteiger partial charge in [0.25, 0.3) is 0 Å². The molecule has 6 nitrogen and oxygen atoms in total. The Morgan fingerprint density at radius 1 is 1.14 bits per heavy atom. The van der Waals surface area contributed by atoms with Gasteiger partial charge in [0.1, 0.15) is 6.33 Å². The third kappa shape index (κ3) is 6.29. The van der Waals surface area contributed by atoms with Gasteiger partial charge in [0.05, 0.1) is 12.1 Å². The first-order valence-corrected chi connectivity index (χ1v) is 13.5. The van der Waals surface area contributed by atoms with Crippen LogP contribution in [0.5, 0.6) is 0 Å². The second-order valence-electron chi connectivity index (χ2n) is 10.7. The van der Waals surface area contributed by atoms with Crippen molar-refractivity contribution in [2.24, 2.45) is 11.8 Å². The quantitative estimate of drug-likeness (QED) is 0.573. The summed E-state index contributed by atoms with van der Waals surface area (Å²) in [5.41, 5.74) is 2.63. The maximum absolute atomic E-state index is 12.7. The SMILES string of the molecule is CC1C=CC=C([C@H](CCN2CCC(n3cnc(Cc4ccccc4)n3)CC2)NC(=O)C2CCC2)C1. The summed E-state index contributed by atoms with van der Waals surface area (Å²) in [6.07, 6.45) is 16.9. The second kappa shape index (κ2) is 11.3. The lowest BCUT2D eigenvalue weighted by Gasteiger charge is -2.34. The number of allylic oxidation sites excluding steroid dienone is 3. The minimum absolute atomic E-state index is 0.157. The number of hydrogen-bond donors (Lipinski definition) is 1. The zero-order chi connectivity index (χ0) is 24.0. The summed E-state index contributed by atoms with van der Waals surface area (Å²) in [6, 6.07) is 11.0. The Balaban J connectivity index is 1.12. The van der Waals surface area contributed by atoms with E-state index in [4.69, 9.17) is 5.10 Å². The molecule has 1 aromatic heterocycles. The van der Waals surface area contributed by atoms with Crippen molar-refractivity contribution in [3.63, 3.8) is 0 Å². The molecule has 1 saturated heterocycles. The number of benzene rings is 1. The van der Waals surface area contributed by atoms with Crippen molar-refractivity contribution < 1.29 is 4.79 Å². The molecule has 2 aliphatic carbocycles. The maximum Gasteiger partial charge on any atom is 0.223 e. The summed E-state index contributed by atoms with van der Waals surface area (Å²) in [6.45, 7) is 5.41. The smallest absolute Gasteiger partial charge is 0.223 e. The highest BCUT2D eigenvalue weighted by atomic mass is 16.2. The van der Waals surface area contributed by atoms with Gasteiger partial charge in [-0.2, -0.15) is 5.10 Å². The number of carbonyl (C=O) groups excluding carboxylic acids is 1. The normalized spacial score (nSPS) is 22.4. The van der Waals surface area contributed by atoms with Crippen LogP contribution in [0.1, 0.15) is 69.3 Å². The molecule has 2 heterocycles. The number of aromatic nitrogens is 3. The Hall–Kier alpha value is -2.73. The highest BCUT2D eigenvalue weighted by molar-refractivity contribution is 5.80. The van der Waals surface area contributed by atoms with Crippen LogP contribution in [0.25, 0.3) is 0 Å². The predicted molar refractivity (Wildman–Crippen MR) is 139 cm³/mol. The highest BCUT2D eigenvalue weighted by Crippen LogP contribution is 2.29. The molecule has 1 aliphatic heterocycles. The van der Waals surface area contributed by atoms with E-state index in [1.54, 1.807) is 0 Å². The molecule has 2 atom stereocenters. The molecule has 0 spiro atoms. The lowest BCUT2D eigenvalue weighted by atomic mass is 9.83. The lowest BCUT2D eigenvalue weighted by Crippen LogP contribution is -2.44. The number of carbonyl (C=O) groups is 1. The van der Waals surface area contributed by atoms with E-state index >= 15 is 0 Å². The summed E-state index contributed by atoms with van der Waals surface area (Å²) in [5, 5.41) is 8.20. The molecule has 1 amide bonds. The van der Waals surface area contributed by atoms with Crippen molar-refractivity contribution in [1.82, 2.24) is 25.0 Å². The molecule has 2 aromatic rings. The van der Waals surface area contributed by atoms with Gasteiger partial charge in [-0.25, -0.2) is 9.67 Å². The van der Waals surface area contributed by atoms with Gasteiger partial charge in [-0.15, -0.1) is 0 Å². The minimum Gasteiger partial charge on any atom is -0.349 e. The Kier molecular flexibility index (Phi) is 7.77. The van der Waals surface area contributed by atoms with Gasteiger partial charge >= 0.3 is 0 Å². The van der Waals surface area contributed by atoms with Crippen molar-refractivity contribution >= 4 is 5.91 Å². The Bertz CT molecular complexity index is 1030. The average molecular weight is 474 g/mol. The largest absolute Gasteiger partial charge is 0.349 e. The monoisotopic (exact) mass is 473 g/mol. The number of rotatable bonds is 9. The van der Waals surface area contributed by atoms with Crippen molar-refractivity contribution in [2.45, 2.75) is 70.4 Å². The summed E-state index contributed by atoms with van der Waals surface area (Å²) in [5.74, 6) is 1.94. The van der Waals surface area contributed by atoms with E-state index < -0.39 is 0 Å². The second-order valence-corrected chi connectivity index (χ2v) is 10.7. The van der Waals surface area contributed by atoms with E-state index in [1.807, 2.05) is 12.4 Å². The molecular weight excluding hydrogens is 434 g/mol. The van der Waals surface area contributed by atoms with Crippen LogP contribution in [0, 0.1) is 11.8 Å². The fourth-order valence-corrected chi connectivity index (χ4v) is 5.51. The summed E-state index contributed by atoms with van der Waals surface area (Å²) in [4.78, 5) is 19.9. The van der Waals surface area contributed by atoms with Crippen LogP contribution in [0.15, 0.2) is 60.5 Å². The average Bonchev–Trinajstić information content (AvgIpc) is 3.30. The Morgan fingerprint density at radius 2 is 1.94 bits per heavy atom. The van der Waals surface area contributed by atoms with E-state index in [0.717, 1.165) is 70.4 Å². The molecule has 3 aliphatic rings. The van der Waals surface area contributed by atoms with E-state index in [-0.39, 0.29) is 17.9 Å². The first-order valence-electron chi connectivity index (χ1n) is 13.5. The van der Waals surface area contributed by atoms with Crippen molar-refractivity contribution in [3.8, 4) is 0 Å². The van der Waals surface area contributed by atoms with Gasteiger partial charge < -0.3 is 10.2 Å². The van der Waals surface area contributed by atoms with Crippen molar-refractivity contribution in [3.05, 3.63) is 71.8 Å². The molecule has 1 N–H and O–H groups in total. The van der Waals surface area contributed by atoms with Crippen LogP contribution in [-0.4, -0.2) is 51.2 Å². The van der Waals surface area contributed by atoms with Crippen LogP contribution in [0.4, 0.5) is 0 Å². The van der Waals surface area contributed by atoms with E-state index in [9.17, 15) is 4.79 Å². The molecule has 186 valence electrons. The first kappa shape index (κ1) is 24.0. The molecular formula is C29H39N5O. The predicted octanol–water partition coefficient (Wildman–Crippen LogP) is 4.70. The number of nitrogens with one attached hydrogen (secondary N) is 1. The first-order chi connectivity index (χ1) is 17.1. The van der Waals surface area contributed by atoms with Crippen LogP contribution in [0.2, 0.25) is 0 Å². The maximum atomic E-state index is 12.7. The molecule has 1 aromatic carbocycles. The fourth-order valence-electron chi connectivity index (χ4n) is 5.51. The van der Waals surface area contributed by atoms with E-state index in [2.05, 4.69) is 69.3 Å². The van der Waals surface area contributed by atoms with Crippen LogP contribution >= 0.6 is 0 Å². The van der Waals surface area contributed by atoms with Gasteiger partial charge in [0.2, 0.25) is 5.91 Å². The summed E-state index contributed by atoms with van der Waals surface area (Å²) >= 11 is 0. The molecule has 1 saturated carbocycles. The van der Waals surface area contributed by atoms with Gasteiger partial charge in [0.15, 0.2) is 5.82 Å². The number of nitrogens with zero attached hydrogens (tertiary/aromatic N) is 4. The number of piperidine rings is 1. The zero-order valence-electron chi connectivity index (χ0n) is 21.0. The molecule has 5 rings (SSSR count). The van der Waals surface area contributed by atoms with Crippen LogP contribution in [0.3, 0.4) is 0 Å². The van der Waals surface area contributed by atoms with Crippen molar-refractivity contribution in [1.29, 1.82) is 0 Å². The number of hydrogen-bond acceptors (Lipinski definition) is 4. The van der Waals surface area contributed by atoms with Gasteiger partial charge in [-0.05, 0) is 55.6 Å². The van der Waals surface area contributed by atoms with E-state index in [0.29, 0.717) is 12.0 Å². The standard InChI is InChI=1S/C29H39N5O/c1-22-7-5-12-25(19-22)27(31-29(35)24-10-6-11-24)15-18-33-16-13-26(14-17-33)34-21-30-28(32-34)20-23-8-3-2-4-9-23/h2-5,7-9,12,21-22,24,26-27H,6,10-11,13-20H2,1H3,(H,31,35)/t22?,27-/m0/s1. The molecule has 0 bridgehead atoms. The molecule has 1 unspecified atom stereocenters. The van der Waals surface area contributed by atoms with Crippen molar-refractivity contribution in [2.75, 3.05) is 19.6 Å². The Morgan fingerprint density at radius 3 is 2.66 bits per heavy atom. The van der Waals surface area contributed by atoms with Crippen LogP contribution in [-0.2, 0) is 11.2 Å². The van der Waals surface area contributed by atoms with Gasteiger partial charge in [-0.1, -0.05) is 61.9 Å².